The molecule has 3 aromatic carbocycles. The molecule has 0 bridgehead atoms. The second-order valence-corrected chi connectivity index (χ2v) is 9.84. The molecule has 8 nitrogen and oxygen atoms in total. The number of thiazole rings is 1. The smallest absolute Gasteiger partial charge is 0.280 e. The van der Waals surface area contributed by atoms with Gasteiger partial charge in [-0.25, -0.2) is 4.98 Å². The first-order chi connectivity index (χ1) is 17.4. The summed E-state index contributed by atoms with van der Waals surface area (Å²) in [6, 6.07) is 19.4. The van der Waals surface area contributed by atoms with Crippen LogP contribution in [0.1, 0.15) is 28.8 Å². The number of aromatic nitrogens is 1. The number of imide groups is 1. The van der Waals surface area contributed by atoms with Gasteiger partial charge >= 0.3 is 0 Å². The van der Waals surface area contributed by atoms with Gasteiger partial charge in [-0.05, 0) is 66.2 Å². The highest BCUT2D eigenvalue weighted by Crippen LogP contribution is 2.32. The summed E-state index contributed by atoms with van der Waals surface area (Å²) >= 11 is 4.79. The molecule has 1 fully saturated rings. The number of hydrogen-bond donors (Lipinski definition) is 0. The van der Waals surface area contributed by atoms with Crippen molar-refractivity contribution in [1.82, 2.24) is 4.98 Å². The fourth-order valence-electron chi connectivity index (χ4n) is 3.74. The Kier molecular flexibility index (Phi) is 6.62. The number of nitrogens with zero attached hydrogens (tertiary/aromatic N) is 4. The van der Waals surface area contributed by atoms with Gasteiger partial charge in [0.1, 0.15) is 5.75 Å². The van der Waals surface area contributed by atoms with Crippen LogP contribution in [0.15, 0.2) is 76.3 Å². The Morgan fingerprint density at radius 3 is 2.56 bits per heavy atom. The van der Waals surface area contributed by atoms with Gasteiger partial charge in [-0.3, -0.25) is 19.3 Å². The van der Waals surface area contributed by atoms with E-state index in [4.69, 9.17) is 4.74 Å². The summed E-state index contributed by atoms with van der Waals surface area (Å²) in [6.07, 6.45) is 1.89. The molecule has 4 aromatic rings. The number of carbonyl (C=O) groups is 3. The predicted molar refractivity (Wildman–Crippen MR) is 143 cm³/mol. The van der Waals surface area contributed by atoms with Gasteiger partial charge < -0.3 is 4.74 Å². The van der Waals surface area contributed by atoms with E-state index in [1.54, 1.807) is 43.7 Å². The number of ether oxygens (including phenoxy) is 1. The van der Waals surface area contributed by atoms with Crippen molar-refractivity contribution in [1.29, 1.82) is 0 Å². The number of halogens is 1. The van der Waals surface area contributed by atoms with E-state index < -0.39 is 5.91 Å². The van der Waals surface area contributed by atoms with Crippen molar-refractivity contribution < 1.29 is 19.1 Å². The Balaban J connectivity index is 1.53. The largest absolute Gasteiger partial charge is 0.497 e. The molecule has 2 heterocycles. The van der Waals surface area contributed by atoms with Gasteiger partial charge in [0, 0.05) is 22.9 Å². The molecule has 0 saturated carbocycles. The third-order valence-electron chi connectivity index (χ3n) is 5.55. The Morgan fingerprint density at radius 2 is 1.83 bits per heavy atom. The molecular weight excluding hydrogens is 544 g/mol. The van der Waals surface area contributed by atoms with Crippen molar-refractivity contribution in [2.75, 3.05) is 17.0 Å². The Labute approximate surface area is 218 Å². The average molecular weight is 563 g/mol. The zero-order chi connectivity index (χ0) is 25.2. The summed E-state index contributed by atoms with van der Waals surface area (Å²) in [5.74, 6) is -0.301. The fraction of sp³-hybridized carbons (Fsp3) is 0.115. The Bertz CT molecular complexity index is 1500. The standard InChI is InChI=1S/C26H19BrN4O4S/c1-35-20-8-5-16(6-9-20)15-28-31(26-29-21-10-7-18(27)14-22(21)36-26)25(34)17-3-2-4-19(13-17)30-23(32)11-12-24(30)33/h2-10,13-15H,11-12H2,1H3/b28-15+. The van der Waals surface area contributed by atoms with E-state index in [0.717, 1.165) is 25.2 Å². The SMILES string of the molecule is COc1ccc(/C=N/N(C(=O)c2cccc(N3C(=O)CCC3=O)c2)c2nc3ccc(Br)cc3s2)cc1. The summed E-state index contributed by atoms with van der Waals surface area (Å²) in [5.41, 5.74) is 2.13. The number of fused-ring (bicyclic) bond motifs is 1. The molecule has 0 radical (unpaired) electrons. The van der Waals surface area contributed by atoms with Crippen LogP contribution in [0.4, 0.5) is 10.8 Å². The van der Waals surface area contributed by atoms with Gasteiger partial charge in [0.15, 0.2) is 0 Å². The number of carbonyl (C=O) groups excluding carboxylic acids is 3. The highest BCUT2D eigenvalue weighted by atomic mass is 79.9. The van der Waals surface area contributed by atoms with Crippen molar-refractivity contribution in [3.8, 4) is 5.75 Å². The number of benzene rings is 3. The van der Waals surface area contributed by atoms with Crippen LogP contribution in [0.3, 0.4) is 0 Å². The van der Waals surface area contributed by atoms with E-state index in [2.05, 4.69) is 26.0 Å². The molecule has 0 atom stereocenters. The number of hydrazone groups is 1. The van der Waals surface area contributed by atoms with Gasteiger partial charge in [-0.1, -0.05) is 33.3 Å². The minimum Gasteiger partial charge on any atom is -0.497 e. The minimum absolute atomic E-state index is 0.163. The molecule has 0 N–H and O–H groups in total. The first-order valence-corrected chi connectivity index (χ1v) is 12.6. The fourth-order valence-corrected chi connectivity index (χ4v) is 5.22. The second kappa shape index (κ2) is 10.00. The van der Waals surface area contributed by atoms with Gasteiger partial charge in [0.25, 0.3) is 5.91 Å². The van der Waals surface area contributed by atoms with Crippen LogP contribution in [-0.2, 0) is 9.59 Å². The highest BCUT2D eigenvalue weighted by Gasteiger charge is 2.31. The summed E-state index contributed by atoms with van der Waals surface area (Å²) in [6.45, 7) is 0. The summed E-state index contributed by atoms with van der Waals surface area (Å²) in [4.78, 5) is 43.9. The van der Waals surface area contributed by atoms with Crippen LogP contribution in [0.2, 0.25) is 0 Å². The van der Waals surface area contributed by atoms with Crippen molar-refractivity contribution in [2.24, 2.45) is 5.10 Å². The molecule has 5 rings (SSSR count). The van der Waals surface area contributed by atoms with Crippen LogP contribution in [0.5, 0.6) is 5.75 Å². The van der Waals surface area contributed by atoms with Crippen LogP contribution >= 0.6 is 27.3 Å². The molecule has 10 heteroatoms. The third-order valence-corrected chi connectivity index (χ3v) is 7.04. The van der Waals surface area contributed by atoms with Crippen molar-refractivity contribution >= 4 is 72.2 Å². The van der Waals surface area contributed by atoms with Crippen LogP contribution in [0, 0.1) is 0 Å². The van der Waals surface area contributed by atoms with E-state index in [-0.39, 0.29) is 30.2 Å². The quantitative estimate of drug-likeness (QED) is 0.178. The number of rotatable bonds is 6. The lowest BCUT2D eigenvalue weighted by atomic mass is 10.1. The second-order valence-electron chi connectivity index (χ2n) is 7.92. The molecule has 0 unspecified atom stereocenters. The van der Waals surface area contributed by atoms with Gasteiger partial charge in [-0.15, -0.1) is 0 Å². The molecule has 180 valence electrons. The molecule has 1 aliphatic heterocycles. The first kappa shape index (κ1) is 23.8. The molecule has 0 spiro atoms. The molecule has 1 aliphatic rings. The zero-order valence-electron chi connectivity index (χ0n) is 19.1. The minimum atomic E-state index is -0.446. The first-order valence-electron chi connectivity index (χ1n) is 11.0. The van der Waals surface area contributed by atoms with Crippen LogP contribution < -0.4 is 14.6 Å². The van der Waals surface area contributed by atoms with E-state index in [0.29, 0.717) is 16.6 Å². The molecule has 1 saturated heterocycles. The van der Waals surface area contributed by atoms with Crippen LogP contribution in [-0.4, -0.2) is 36.0 Å². The maximum Gasteiger partial charge on any atom is 0.280 e. The van der Waals surface area contributed by atoms with E-state index in [1.807, 2.05) is 30.3 Å². The van der Waals surface area contributed by atoms with Gasteiger partial charge in [0.2, 0.25) is 16.9 Å². The van der Waals surface area contributed by atoms with Crippen molar-refractivity contribution in [2.45, 2.75) is 12.8 Å². The van der Waals surface area contributed by atoms with Gasteiger partial charge in [-0.2, -0.15) is 10.1 Å². The molecule has 36 heavy (non-hydrogen) atoms. The predicted octanol–water partition coefficient (Wildman–Crippen LogP) is 5.40. The molecule has 0 aliphatic carbocycles. The van der Waals surface area contributed by atoms with E-state index in [9.17, 15) is 14.4 Å². The number of methoxy groups -OCH3 is 1. The summed E-state index contributed by atoms with van der Waals surface area (Å²) in [7, 11) is 1.59. The Hall–Kier alpha value is -3.89. The zero-order valence-corrected chi connectivity index (χ0v) is 21.5. The molecule has 1 aromatic heterocycles. The lowest BCUT2D eigenvalue weighted by Crippen LogP contribution is -2.29. The van der Waals surface area contributed by atoms with E-state index in [1.165, 1.54) is 22.4 Å². The number of amides is 3. The van der Waals surface area contributed by atoms with Crippen LogP contribution in [0.25, 0.3) is 10.2 Å². The highest BCUT2D eigenvalue weighted by molar-refractivity contribution is 9.10. The topological polar surface area (TPSA) is 92.2 Å². The summed E-state index contributed by atoms with van der Waals surface area (Å²) in [5, 5.41) is 6.09. The third kappa shape index (κ3) is 4.77. The lowest BCUT2D eigenvalue weighted by molar-refractivity contribution is -0.121. The van der Waals surface area contributed by atoms with E-state index >= 15 is 0 Å². The van der Waals surface area contributed by atoms with Gasteiger partial charge in [0.05, 0.1) is 29.2 Å². The molecule has 3 amide bonds. The normalized spacial score (nSPS) is 13.7. The van der Waals surface area contributed by atoms with Crippen molar-refractivity contribution in [3.05, 3.63) is 82.3 Å². The lowest BCUT2D eigenvalue weighted by Gasteiger charge is -2.17. The number of hydrogen-bond acceptors (Lipinski definition) is 7. The number of anilines is 2. The monoisotopic (exact) mass is 562 g/mol. The summed E-state index contributed by atoms with van der Waals surface area (Å²) < 4.78 is 6.99. The maximum atomic E-state index is 13.7. The average Bonchev–Trinajstić information content (AvgIpc) is 3.46. The van der Waals surface area contributed by atoms with Crippen molar-refractivity contribution in [3.63, 3.8) is 0 Å². The molecular formula is C26H19BrN4O4S. The Morgan fingerprint density at radius 1 is 1.08 bits per heavy atom. The maximum absolute atomic E-state index is 13.7.